The van der Waals surface area contributed by atoms with Crippen molar-refractivity contribution in [2.24, 2.45) is 0 Å². The van der Waals surface area contributed by atoms with Crippen LogP contribution in [0.3, 0.4) is 0 Å². The first-order valence-corrected chi connectivity index (χ1v) is 3.20. The van der Waals surface area contributed by atoms with Gasteiger partial charge < -0.3 is 14.6 Å². The summed E-state index contributed by atoms with van der Waals surface area (Å²) < 4.78 is 4.10. The molecule has 5 heteroatoms. The average molecular weight is 196 g/mol. The molecule has 0 fully saturated rings. The zero-order chi connectivity index (χ0) is 7.28. The maximum atomic E-state index is 10.2. The lowest BCUT2D eigenvalue weighted by atomic mass is 10.7. The van der Waals surface area contributed by atoms with Gasteiger partial charge in [0.25, 0.3) is 0 Å². The van der Waals surface area contributed by atoms with E-state index in [1.165, 1.54) is 0 Å². The van der Waals surface area contributed by atoms with Gasteiger partial charge in [0, 0.05) is 0 Å². The van der Waals surface area contributed by atoms with Crippen molar-refractivity contribution in [1.29, 1.82) is 0 Å². The summed E-state index contributed by atoms with van der Waals surface area (Å²) in [5.74, 6) is -2.01. The van der Waals surface area contributed by atoms with Gasteiger partial charge in [0.05, 0.1) is 5.97 Å². The average Bonchev–Trinajstić information content (AvgIpc) is 1.83. The summed E-state index contributed by atoms with van der Waals surface area (Å²) in [7, 11) is 0. The van der Waals surface area contributed by atoms with Crippen molar-refractivity contribution < 1.29 is 19.4 Å². The largest absolute Gasteiger partial charge is 0.546 e. The van der Waals surface area contributed by atoms with E-state index in [-0.39, 0.29) is 5.33 Å². The number of carboxylic acid groups (broad SMARTS) is 1. The molecular weight excluding hydrogens is 192 g/mol. The predicted molar refractivity (Wildman–Crippen MR) is 29.8 cm³/mol. The Morgan fingerprint density at radius 2 is 2.11 bits per heavy atom. The fourth-order valence-corrected chi connectivity index (χ4v) is 0.340. The number of ether oxygens (including phenoxy) is 1. The minimum Gasteiger partial charge on any atom is -0.546 e. The topological polar surface area (TPSA) is 66.4 Å². The number of esters is 1. The molecule has 0 heterocycles. The van der Waals surface area contributed by atoms with E-state index < -0.39 is 18.5 Å². The highest BCUT2D eigenvalue weighted by Crippen LogP contribution is 1.83. The normalized spacial score (nSPS) is 8.56. The lowest BCUT2D eigenvalue weighted by Crippen LogP contribution is -2.29. The summed E-state index contributed by atoms with van der Waals surface area (Å²) >= 11 is 2.78. The van der Waals surface area contributed by atoms with E-state index in [0.717, 1.165) is 0 Å². The van der Waals surface area contributed by atoms with Crippen LogP contribution in [-0.2, 0) is 14.3 Å². The van der Waals surface area contributed by atoms with Crippen molar-refractivity contribution in [3.8, 4) is 0 Å². The van der Waals surface area contributed by atoms with Crippen molar-refractivity contribution in [2.75, 3.05) is 11.9 Å². The van der Waals surface area contributed by atoms with Crippen LogP contribution in [-0.4, -0.2) is 23.9 Å². The summed E-state index contributed by atoms with van der Waals surface area (Å²) in [6.07, 6.45) is 0. The van der Waals surface area contributed by atoms with E-state index in [0.29, 0.717) is 0 Å². The highest BCUT2D eigenvalue weighted by atomic mass is 79.9. The van der Waals surface area contributed by atoms with Gasteiger partial charge in [-0.3, -0.25) is 4.79 Å². The second-order valence-corrected chi connectivity index (χ2v) is 1.73. The Morgan fingerprint density at radius 1 is 1.56 bits per heavy atom. The van der Waals surface area contributed by atoms with Crippen LogP contribution in [0, 0.1) is 0 Å². The Bertz CT molecular complexity index is 122. The number of halogens is 1. The van der Waals surface area contributed by atoms with Gasteiger partial charge in [-0.25, -0.2) is 0 Å². The second kappa shape index (κ2) is 4.31. The zero-order valence-electron chi connectivity index (χ0n) is 4.43. The molecule has 52 valence electrons. The number of aliphatic carboxylic acids is 1. The van der Waals surface area contributed by atoms with E-state index >= 15 is 0 Å². The molecule has 0 radical (unpaired) electrons. The molecule has 0 unspecified atom stereocenters. The molecule has 0 saturated heterocycles. The first kappa shape index (κ1) is 8.42. The van der Waals surface area contributed by atoms with Gasteiger partial charge in [0.1, 0.15) is 11.9 Å². The van der Waals surface area contributed by atoms with Crippen LogP contribution in [0.5, 0.6) is 0 Å². The molecule has 0 aliphatic heterocycles. The third-order valence-electron chi connectivity index (χ3n) is 0.460. The summed E-state index contributed by atoms with van der Waals surface area (Å²) in [5, 5.41) is 9.62. The molecule has 0 N–H and O–H groups in total. The van der Waals surface area contributed by atoms with Gasteiger partial charge in [-0.15, -0.1) is 0 Å². The van der Waals surface area contributed by atoms with Gasteiger partial charge in [-0.1, -0.05) is 15.9 Å². The minimum absolute atomic E-state index is 0.000278. The van der Waals surface area contributed by atoms with Gasteiger partial charge in [-0.05, 0) is 0 Å². The minimum atomic E-state index is -1.40. The Morgan fingerprint density at radius 3 is 2.44 bits per heavy atom. The number of carbonyl (C=O) groups is 2. The lowest BCUT2D eigenvalue weighted by Gasteiger charge is -2.01. The van der Waals surface area contributed by atoms with Gasteiger partial charge in [-0.2, -0.15) is 0 Å². The van der Waals surface area contributed by atoms with Crippen molar-refractivity contribution in [1.82, 2.24) is 0 Å². The maximum absolute atomic E-state index is 10.2. The number of carbonyl (C=O) groups excluding carboxylic acids is 2. The van der Waals surface area contributed by atoms with E-state index in [4.69, 9.17) is 0 Å². The van der Waals surface area contributed by atoms with Crippen LogP contribution in [0.25, 0.3) is 0 Å². The van der Waals surface area contributed by atoms with E-state index in [1.807, 2.05) is 0 Å². The van der Waals surface area contributed by atoms with Crippen LogP contribution >= 0.6 is 15.9 Å². The number of hydrogen-bond acceptors (Lipinski definition) is 4. The molecule has 9 heavy (non-hydrogen) atoms. The molecular formula is C4H4BrO4-. The number of carboxylic acids is 1. The van der Waals surface area contributed by atoms with Crippen LogP contribution in [0.15, 0.2) is 0 Å². The van der Waals surface area contributed by atoms with E-state index in [9.17, 15) is 14.7 Å². The molecule has 0 aromatic carbocycles. The smallest absolute Gasteiger partial charge is 0.316 e. The van der Waals surface area contributed by atoms with Crippen molar-refractivity contribution in [3.63, 3.8) is 0 Å². The summed E-state index contributed by atoms with van der Waals surface area (Å²) in [6, 6.07) is 0. The molecule has 0 amide bonds. The van der Waals surface area contributed by atoms with Crippen LogP contribution < -0.4 is 5.11 Å². The van der Waals surface area contributed by atoms with E-state index in [1.54, 1.807) is 0 Å². The third-order valence-corrected chi connectivity index (χ3v) is 0.918. The molecule has 4 nitrogen and oxygen atoms in total. The molecule has 0 aromatic heterocycles. The molecule has 0 rings (SSSR count). The fourth-order valence-electron chi connectivity index (χ4n) is 0.178. The van der Waals surface area contributed by atoms with Gasteiger partial charge >= 0.3 is 5.97 Å². The molecule has 0 saturated carbocycles. The monoisotopic (exact) mass is 195 g/mol. The Kier molecular flexibility index (Phi) is 4.04. The van der Waals surface area contributed by atoms with Gasteiger partial charge in [0.2, 0.25) is 0 Å². The van der Waals surface area contributed by atoms with Crippen molar-refractivity contribution >= 4 is 27.9 Å². The number of alkyl halides is 1. The number of hydrogen-bond donors (Lipinski definition) is 0. The van der Waals surface area contributed by atoms with Crippen LogP contribution in [0.2, 0.25) is 0 Å². The van der Waals surface area contributed by atoms with E-state index in [2.05, 4.69) is 20.7 Å². The predicted octanol–water partition coefficient (Wildman–Crippen LogP) is -1.33. The quantitative estimate of drug-likeness (QED) is 0.414. The second-order valence-electron chi connectivity index (χ2n) is 1.17. The first-order valence-electron chi connectivity index (χ1n) is 2.08. The Labute approximate surface area is 59.9 Å². The molecule has 0 aromatic rings. The SMILES string of the molecule is O=C([O-])COC(=O)CBr. The van der Waals surface area contributed by atoms with Crippen molar-refractivity contribution in [2.45, 2.75) is 0 Å². The lowest BCUT2D eigenvalue weighted by molar-refractivity contribution is -0.308. The molecule has 0 aliphatic rings. The molecule has 0 atom stereocenters. The fraction of sp³-hybridized carbons (Fsp3) is 0.500. The maximum Gasteiger partial charge on any atom is 0.316 e. The van der Waals surface area contributed by atoms with Gasteiger partial charge in [0.15, 0.2) is 0 Å². The summed E-state index contributed by atoms with van der Waals surface area (Å²) in [5.41, 5.74) is 0. The zero-order valence-corrected chi connectivity index (χ0v) is 6.01. The van der Waals surface area contributed by atoms with Crippen molar-refractivity contribution in [3.05, 3.63) is 0 Å². The number of rotatable bonds is 3. The van der Waals surface area contributed by atoms with Crippen LogP contribution in [0.4, 0.5) is 0 Å². The molecule has 0 aliphatic carbocycles. The Hall–Kier alpha value is -0.580. The summed E-state index contributed by atoms with van der Waals surface area (Å²) in [4.78, 5) is 19.8. The molecule has 0 bridgehead atoms. The highest BCUT2D eigenvalue weighted by Gasteiger charge is 1.96. The molecule has 0 spiro atoms. The standard InChI is InChI=1S/C4H5BrO4/c5-1-4(8)9-2-3(6)7/h1-2H2,(H,6,7)/p-1. The summed E-state index contributed by atoms with van der Waals surface area (Å²) in [6.45, 7) is -0.676. The first-order chi connectivity index (χ1) is 4.16. The highest BCUT2D eigenvalue weighted by molar-refractivity contribution is 9.09. The Balaban J connectivity index is 3.28. The third kappa shape index (κ3) is 5.29. The van der Waals surface area contributed by atoms with Crippen LogP contribution in [0.1, 0.15) is 0 Å².